The van der Waals surface area contributed by atoms with Crippen molar-refractivity contribution in [2.45, 2.75) is 17.8 Å². The molecule has 4 atom stereocenters. The van der Waals surface area contributed by atoms with Gasteiger partial charge in [0, 0.05) is 5.92 Å². The highest BCUT2D eigenvalue weighted by Crippen LogP contribution is 2.58. The summed E-state index contributed by atoms with van der Waals surface area (Å²) >= 11 is 0. The predicted molar refractivity (Wildman–Crippen MR) is 48.5 cm³/mol. The molecule has 0 saturated carbocycles. The quantitative estimate of drug-likeness (QED) is 0.346. The maximum absolute atomic E-state index is 13.7. The number of allylic oxidation sites excluding steroid dienone is 4. The van der Waals surface area contributed by atoms with Crippen LogP contribution in [0.25, 0.3) is 0 Å². The largest absolute Gasteiger partial charge is 0.308 e. The van der Waals surface area contributed by atoms with Crippen molar-refractivity contribution in [3.63, 3.8) is 0 Å². The van der Waals surface area contributed by atoms with Crippen LogP contribution in [0.1, 0.15) is 6.42 Å². The zero-order valence-corrected chi connectivity index (χ0v) is 8.64. The second-order valence-electron chi connectivity index (χ2n) is 3.82. The molecule has 0 saturated heterocycles. The molecule has 84 valence electrons. The van der Waals surface area contributed by atoms with Crippen molar-refractivity contribution in [3.05, 3.63) is 23.8 Å². The highest BCUT2D eigenvalue weighted by molar-refractivity contribution is 7.19. The highest BCUT2D eigenvalue weighted by atomic mass is 31.0. The Labute approximate surface area is 85.4 Å². The summed E-state index contributed by atoms with van der Waals surface area (Å²) in [4.78, 5) is 0. The van der Waals surface area contributed by atoms with Gasteiger partial charge in [0.25, 0.3) is 0 Å². The minimum absolute atomic E-state index is 0.0129. The summed E-state index contributed by atoms with van der Waals surface area (Å²) in [6.07, 6.45) is 2.36. The van der Waals surface area contributed by atoms with E-state index in [-0.39, 0.29) is 6.42 Å². The van der Waals surface area contributed by atoms with E-state index in [0.29, 0.717) is 0 Å². The van der Waals surface area contributed by atoms with E-state index < -0.39 is 34.8 Å². The van der Waals surface area contributed by atoms with Crippen molar-refractivity contribution in [2.75, 3.05) is 0 Å². The minimum atomic E-state index is -3.94. The lowest BCUT2D eigenvalue weighted by molar-refractivity contribution is -0.0762. The second kappa shape index (κ2) is 3.03. The Morgan fingerprint density at radius 3 is 2.40 bits per heavy atom. The molecule has 0 nitrogen and oxygen atoms in total. The van der Waals surface area contributed by atoms with Crippen molar-refractivity contribution >= 4 is 9.24 Å². The lowest BCUT2D eigenvalue weighted by atomic mass is 9.80. The van der Waals surface area contributed by atoms with Gasteiger partial charge in [-0.3, -0.25) is 0 Å². The van der Waals surface area contributed by atoms with E-state index in [2.05, 4.69) is 0 Å². The standard InChI is InChI=1S/C9H8F5P/c10-6-7(11)9(14,15)5-3-1-2-4(5)8(6,12)13/h1-2,4-5H,3,15H2. The fraction of sp³-hybridized carbons (Fsp3) is 0.556. The fourth-order valence-corrected chi connectivity index (χ4v) is 2.55. The van der Waals surface area contributed by atoms with Crippen LogP contribution in [0.4, 0.5) is 22.0 Å². The molecule has 2 aliphatic rings. The molecule has 0 N–H and O–H groups in total. The molecule has 0 bridgehead atoms. The van der Waals surface area contributed by atoms with E-state index in [1.165, 1.54) is 15.3 Å². The van der Waals surface area contributed by atoms with E-state index in [1.54, 1.807) is 0 Å². The zero-order chi connectivity index (χ0) is 11.4. The summed E-state index contributed by atoms with van der Waals surface area (Å²) < 4.78 is 66.3. The third kappa shape index (κ3) is 1.28. The average Bonchev–Trinajstić information content (AvgIpc) is 2.63. The van der Waals surface area contributed by atoms with Crippen LogP contribution in [-0.4, -0.2) is 11.3 Å². The fourth-order valence-electron chi connectivity index (χ4n) is 2.08. The van der Waals surface area contributed by atoms with E-state index in [4.69, 9.17) is 0 Å². The van der Waals surface area contributed by atoms with Crippen LogP contribution in [0.3, 0.4) is 0 Å². The van der Waals surface area contributed by atoms with Crippen LogP contribution in [-0.2, 0) is 0 Å². The van der Waals surface area contributed by atoms with Crippen molar-refractivity contribution in [2.24, 2.45) is 11.8 Å². The Morgan fingerprint density at radius 1 is 1.20 bits per heavy atom. The number of hydrogen-bond donors (Lipinski definition) is 0. The van der Waals surface area contributed by atoms with Gasteiger partial charge in [0.15, 0.2) is 11.2 Å². The molecule has 0 aromatic heterocycles. The number of halogens is 5. The van der Waals surface area contributed by atoms with Crippen LogP contribution in [0.5, 0.6) is 0 Å². The van der Waals surface area contributed by atoms with Gasteiger partial charge >= 0.3 is 5.92 Å². The van der Waals surface area contributed by atoms with E-state index in [1.807, 2.05) is 0 Å². The first-order valence-corrected chi connectivity index (χ1v) is 4.95. The van der Waals surface area contributed by atoms with Crippen LogP contribution >= 0.6 is 9.24 Å². The zero-order valence-electron chi connectivity index (χ0n) is 7.48. The summed E-state index contributed by atoms with van der Waals surface area (Å²) in [5, 5.41) is -2.72. The van der Waals surface area contributed by atoms with E-state index in [9.17, 15) is 22.0 Å². The molecule has 6 heteroatoms. The molecule has 0 amide bonds. The Bertz CT molecular complexity index is 358. The van der Waals surface area contributed by atoms with Crippen LogP contribution in [0.2, 0.25) is 0 Å². The molecule has 15 heavy (non-hydrogen) atoms. The Hall–Kier alpha value is -0.440. The van der Waals surface area contributed by atoms with Crippen molar-refractivity contribution < 1.29 is 22.0 Å². The smallest absolute Gasteiger partial charge is 0.231 e. The molecule has 0 aromatic rings. The maximum Gasteiger partial charge on any atom is 0.308 e. The average molecular weight is 242 g/mol. The van der Waals surface area contributed by atoms with E-state index in [0.717, 1.165) is 6.08 Å². The van der Waals surface area contributed by atoms with Gasteiger partial charge in [-0.25, -0.2) is 13.2 Å². The van der Waals surface area contributed by atoms with Gasteiger partial charge in [0.2, 0.25) is 5.83 Å². The van der Waals surface area contributed by atoms with E-state index >= 15 is 0 Å². The van der Waals surface area contributed by atoms with Gasteiger partial charge in [-0.2, -0.15) is 8.78 Å². The normalized spacial score (nSPS) is 43.3. The first kappa shape index (κ1) is 11.1. The van der Waals surface area contributed by atoms with Gasteiger partial charge in [0.1, 0.15) is 0 Å². The summed E-state index contributed by atoms with van der Waals surface area (Å²) in [5.41, 5.74) is 0. The van der Waals surface area contributed by atoms with Gasteiger partial charge in [-0.15, -0.1) is 0 Å². The monoisotopic (exact) mass is 242 g/mol. The predicted octanol–water partition coefficient (Wildman–Crippen LogP) is 3.52. The number of alkyl halides is 3. The van der Waals surface area contributed by atoms with Crippen molar-refractivity contribution in [1.82, 2.24) is 0 Å². The number of rotatable bonds is 0. The lowest BCUT2D eigenvalue weighted by Crippen LogP contribution is -2.45. The topological polar surface area (TPSA) is 0 Å². The van der Waals surface area contributed by atoms with Crippen LogP contribution in [0, 0.1) is 11.8 Å². The van der Waals surface area contributed by atoms with Crippen molar-refractivity contribution in [3.8, 4) is 0 Å². The Morgan fingerprint density at radius 2 is 1.80 bits per heavy atom. The summed E-state index contributed by atoms with van der Waals surface area (Å²) in [6, 6.07) is 0. The Balaban J connectivity index is 2.57. The lowest BCUT2D eigenvalue weighted by Gasteiger charge is -2.38. The molecule has 0 spiro atoms. The first-order chi connectivity index (χ1) is 6.79. The van der Waals surface area contributed by atoms with Crippen molar-refractivity contribution in [1.29, 1.82) is 0 Å². The molecular formula is C9H8F5P. The molecule has 0 aromatic carbocycles. The molecule has 0 fully saturated rings. The first-order valence-electron chi connectivity index (χ1n) is 4.38. The van der Waals surface area contributed by atoms with Gasteiger partial charge in [-0.05, 0) is 6.42 Å². The van der Waals surface area contributed by atoms with Crippen LogP contribution in [0.15, 0.2) is 23.8 Å². The van der Waals surface area contributed by atoms with Gasteiger partial charge in [0.05, 0.1) is 5.92 Å². The summed E-state index contributed by atoms with van der Waals surface area (Å²) in [6.45, 7) is 0. The van der Waals surface area contributed by atoms with Gasteiger partial charge < -0.3 is 0 Å². The molecule has 2 rings (SSSR count). The molecule has 4 unspecified atom stereocenters. The SMILES string of the molecule is FC1=C(F)C(F)(P)C2CC=CC2C1(F)F. The van der Waals surface area contributed by atoms with Gasteiger partial charge in [-0.1, -0.05) is 21.4 Å². The second-order valence-corrected chi connectivity index (χ2v) is 4.66. The molecule has 2 aliphatic carbocycles. The summed E-state index contributed by atoms with van der Waals surface area (Å²) in [5.74, 6) is -11.1. The number of fused-ring (bicyclic) bond motifs is 1. The Kier molecular flexibility index (Phi) is 2.24. The molecular weight excluding hydrogens is 234 g/mol. The molecule has 0 radical (unpaired) electrons. The highest BCUT2D eigenvalue weighted by Gasteiger charge is 2.62. The minimum Gasteiger partial charge on any atom is -0.231 e. The van der Waals surface area contributed by atoms with Crippen LogP contribution < -0.4 is 0 Å². The molecule has 0 aliphatic heterocycles. The third-order valence-corrected chi connectivity index (χ3v) is 3.63. The molecule has 0 heterocycles. The third-order valence-electron chi connectivity index (χ3n) is 2.95. The maximum atomic E-state index is 13.7. The summed E-state index contributed by atoms with van der Waals surface area (Å²) in [7, 11) is 1.49. The number of hydrogen-bond acceptors (Lipinski definition) is 0.